The van der Waals surface area contributed by atoms with E-state index in [1.54, 1.807) is 26.0 Å². The maximum Gasteiger partial charge on any atom is 0.356 e. The predicted octanol–water partition coefficient (Wildman–Crippen LogP) is 2.31. The molecule has 0 unspecified atom stereocenters. The fourth-order valence-electron chi connectivity index (χ4n) is 1.82. The van der Waals surface area contributed by atoms with E-state index >= 15 is 0 Å². The van der Waals surface area contributed by atoms with E-state index in [4.69, 9.17) is 9.47 Å². The highest BCUT2D eigenvalue weighted by atomic mass is 16.5. The van der Waals surface area contributed by atoms with Crippen LogP contribution < -0.4 is 0 Å². The molecule has 2 rings (SSSR count). The summed E-state index contributed by atoms with van der Waals surface area (Å²) in [6.45, 7) is 4.02. The molecule has 0 bridgehead atoms. The van der Waals surface area contributed by atoms with Gasteiger partial charge in [0.15, 0.2) is 0 Å². The minimum absolute atomic E-state index is 0.175. The Balaban J connectivity index is 2.32. The summed E-state index contributed by atoms with van der Waals surface area (Å²) in [5.74, 6) is -0.588. The smallest absolute Gasteiger partial charge is 0.356 e. The zero-order valence-corrected chi connectivity index (χ0v) is 11.1. The van der Waals surface area contributed by atoms with Crippen LogP contribution in [0.5, 0.6) is 0 Å². The van der Waals surface area contributed by atoms with Gasteiger partial charge in [0.25, 0.3) is 0 Å². The van der Waals surface area contributed by atoms with Gasteiger partial charge in [-0.25, -0.2) is 14.6 Å². The van der Waals surface area contributed by atoms with Crippen molar-refractivity contribution in [3.8, 4) is 0 Å². The fourth-order valence-corrected chi connectivity index (χ4v) is 1.82. The van der Waals surface area contributed by atoms with Crippen molar-refractivity contribution in [1.29, 1.82) is 0 Å². The van der Waals surface area contributed by atoms with Gasteiger partial charge in [-0.15, -0.1) is 0 Å². The second kappa shape index (κ2) is 5.82. The van der Waals surface area contributed by atoms with Crippen molar-refractivity contribution >= 4 is 11.9 Å². The number of rotatable bonds is 5. The van der Waals surface area contributed by atoms with Gasteiger partial charge in [0.2, 0.25) is 0 Å². The Labute approximate surface area is 111 Å². The minimum Gasteiger partial charge on any atom is -0.461 e. The van der Waals surface area contributed by atoms with Gasteiger partial charge in [0.1, 0.15) is 11.4 Å². The van der Waals surface area contributed by atoms with Crippen LogP contribution in [0, 0.1) is 0 Å². The SMILES string of the molecule is CCOC(=O)c1cc(C2CC2)cc(C(=O)OCC)n1. The zero-order valence-electron chi connectivity index (χ0n) is 11.1. The number of carbonyl (C=O) groups is 2. The lowest BCUT2D eigenvalue weighted by atomic mass is 10.1. The summed E-state index contributed by atoms with van der Waals surface area (Å²) < 4.78 is 9.85. The van der Waals surface area contributed by atoms with E-state index in [2.05, 4.69) is 4.98 Å². The molecule has 0 atom stereocenters. The van der Waals surface area contributed by atoms with Gasteiger partial charge in [-0.1, -0.05) is 0 Å². The third kappa shape index (κ3) is 3.30. The molecule has 19 heavy (non-hydrogen) atoms. The Hall–Kier alpha value is -1.91. The van der Waals surface area contributed by atoms with Crippen LogP contribution in [0.15, 0.2) is 12.1 Å². The number of esters is 2. The standard InChI is InChI=1S/C14H17NO4/c1-3-18-13(16)11-7-10(9-5-6-9)8-12(15-11)14(17)19-4-2/h7-9H,3-6H2,1-2H3. The Kier molecular flexibility index (Phi) is 4.14. The third-order valence-corrected chi connectivity index (χ3v) is 2.87. The molecule has 1 aliphatic carbocycles. The van der Waals surface area contributed by atoms with E-state index in [0.29, 0.717) is 5.92 Å². The summed E-state index contributed by atoms with van der Waals surface area (Å²) in [7, 11) is 0. The lowest BCUT2D eigenvalue weighted by Crippen LogP contribution is -2.13. The van der Waals surface area contributed by atoms with Crippen molar-refractivity contribution in [2.75, 3.05) is 13.2 Å². The topological polar surface area (TPSA) is 65.5 Å². The molecular weight excluding hydrogens is 246 g/mol. The maximum atomic E-state index is 11.7. The monoisotopic (exact) mass is 263 g/mol. The van der Waals surface area contributed by atoms with Crippen LogP contribution in [0.3, 0.4) is 0 Å². The quantitative estimate of drug-likeness (QED) is 0.763. The normalized spacial score (nSPS) is 14.0. The minimum atomic E-state index is -0.504. The second-order valence-corrected chi connectivity index (χ2v) is 4.39. The number of carbonyl (C=O) groups excluding carboxylic acids is 2. The third-order valence-electron chi connectivity index (χ3n) is 2.87. The lowest BCUT2D eigenvalue weighted by molar-refractivity contribution is 0.0511. The van der Waals surface area contributed by atoms with Crippen LogP contribution in [0.25, 0.3) is 0 Å². The summed E-state index contributed by atoms with van der Waals surface area (Å²) in [5.41, 5.74) is 1.31. The number of aromatic nitrogens is 1. The van der Waals surface area contributed by atoms with Crippen LogP contribution in [-0.2, 0) is 9.47 Å². The number of ether oxygens (including phenoxy) is 2. The summed E-state index contributed by atoms with van der Waals surface area (Å²) >= 11 is 0. The molecule has 0 amide bonds. The van der Waals surface area contributed by atoms with Crippen LogP contribution >= 0.6 is 0 Å². The molecule has 1 fully saturated rings. The number of hydrogen-bond acceptors (Lipinski definition) is 5. The van der Waals surface area contributed by atoms with Gasteiger partial charge < -0.3 is 9.47 Å². The molecule has 1 heterocycles. The molecule has 1 aliphatic rings. The first-order valence-electron chi connectivity index (χ1n) is 6.52. The average molecular weight is 263 g/mol. The summed E-state index contributed by atoms with van der Waals surface area (Å²) in [6, 6.07) is 3.41. The van der Waals surface area contributed by atoms with Crippen LogP contribution in [0.2, 0.25) is 0 Å². The second-order valence-electron chi connectivity index (χ2n) is 4.39. The predicted molar refractivity (Wildman–Crippen MR) is 68.1 cm³/mol. The zero-order chi connectivity index (χ0) is 13.8. The van der Waals surface area contributed by atoms with Crippen LogP contribution in [0.1, 0.15) is 59.1 Å². The van der Waals surface area contributed by atoms with Gasteiger partial charge in [0, 0.05) is 0 Å². The van der Waals surface area contributed by atoms with E-state index in [1.807, 2.05) is 0 Å². The maximum absolute atomic E-state index is 11.7. The van der Waals surface area contributed by atoms with Crippen molar-refractivity contribution < 1.29 is 19.1 Å². The molecule has 1 saturated carbocycles. The number of nitrogens with zero attached hydrogens (tertiary/aromatic N) is 1. The van der Waals surface area contributed by atoms with E-state index in [-0.39, 0.29) is 24.6 Å². The van der Waals surface area contributed by atoms with Crippen molar-refractivity contribution in [2.24, 2.45) is 0 Å². The Morgan fingerprint density at radius 3 is 1.95 bits per heavy atom. The Morgan fingerprint density at radius 1 is 1.11 bits per heavy atom. The van der Waals surface area contributed by atoms with Gasteiger partial charge in [-0.3, -0.25) is 0 Å². The first-order valence-corrected chi connectivity index (χ1v) is 6.52. The van der Waals surface area contributed by atoms with Crippen molar-refractivity contribution in [2.45, 2.75) is 32.6 Å². The average Bonchev–Trinajstić information content (AvgIpc) is 3.23. The first-order chi connectivity index (χ1) is 9.15. The highest BCUT2D eigenvalue weighted by Crippen LogP contribution is 2.40. The molecule has 5 heteroatoms. The van der Waals surface area contributed by atoms with Gasteiger partial charge in [0.05, 0.1) is 13.2 Å². The molecule has 0 saturated heterocycles. The first kappa shape index (κ1) is 13.5. The van der Waals surface area contributed by atoms with Crippen molar-refractivity contribution in [1.82, 2.24) is 4.98 Å². The molecule has 1 aromatic heterocycles. The molecule has 102 valence electrons. The van der Waals surface area contributed by atoms with Gasteiger partial charge in [-0.2, -0.15) is 0 Å². The molecule has 0 spiro atoms. The number of pyridine rings is 1. The van der Waals surface area contributed by atoms with Gasteiger partial charge in [-0.05, 0) is 50.3 Å². The molecule has 0 radical (unpaired) electrons. The van der Waals surface area contributed by atoms with E-state index in [9.17, 15) is 9.59 Å². The highest BCUT2D eigenvalue weighted by Gasteiger charge is 2.27. The van der Waals surface area contributed by atoms with Crippen molar-refractivity contribution in [3.05, 3.63) is 29.1 Å². The molecule has 0 N–H and O–H groups in total. The number of hydrogen-bond donors (Lipinski definition) is 0. The largest absolute Gasteiger partial charge is 0.461 e. The van der Waals surface area contributed by atoms with E-state index in [1.165, 1.54) is 0 Å². The lowest BCUT2D eigenvalue weighted by Gasteiger charge is -2.07. The molecule has 0 aromatic carbocycles. The van der Waals surface area contributed by atoms with Crippen molar-refractivity contribution in [3.63, 3.8) is 0 Å². The molecular formula is C14H17NO4. The van der Waals surface area contributed by atoms with Crippen LogP contribution in [-0.4, -0.2) is 30.1 Å². The van der Waals surface area contributed by atoms with E-state index in [0.717, 1.165) is 18.4 Å². The molecule has 0 aliphatic heterocycles. The summed E-state index contributed by atoms with van der Waals surface area (Å²) in [4.78, 5) is 27.5. The van der Waals surface area contributed by atoms with E-state index < -0.39 is 11.9 Å². The highest BCUT2D eigenvalue weighted by molar-refractivity contribution is 5.92. The summed E-state index contributed by atoms with van der Waals surface area (Å²) in [5, 5.41) is 0. The molecule has 1 aromatic rings. The molecule has 5 nitrogen and oxygen atoms in total. The fraction of sp³-hybridized carbons (Fsp3) is 0.500. The van der Waals surface area contributed by atoms with Crippen LogP contribution in [0.4, 0.5) is 0 Å². The Morgan fingerprint density at radius 2 is 1.58 bits per heavy atom. The summed E-state index contributed by atoms with van der Waals surface area (Å²) in [6.07, 6.45) is 2.16. The van der Waals surface area contributed by atoms with Gasteiger partial charge >= 0.3 is 11.9 Å². The Bertz CT molecular complexity index is 458.